The molecule has 0 aliphatic heterocycles. The fourth-order valence-electron chi connectivity index (χ4n) is 0. The first kappa shape index (κ1) is 6.39. The van der Waals surface area contributed by atoms with Crippen LogP contribution in [0, 0.1) is 0 Å². The molecule has 38 valence electrons. The summed E-state index contributed by atoms with van der Waals surface area (Å²) in [7, 11) is 2.65. The second kappa shape index (κ2) is 2.54. The molecule has 0 rings (SSSR count). The van der Waals surface area contributed by atoms with Gasteiger partial charge >= 0.3 is 0 Å². The third-order valence-electron chi connectivity index (χ3n) is 0.829. The summed E-state index contributed by atoms with van der Waals surface area (Å²) < 4.78 is 0. The fourth-order valence-corrected chi connectivity index (χ4v) is 0. The molecule has 0 spiro atoms. The molecule has 2 N–H and O–H groups in total. The van der Waals surface area contributed by atoms with Crippen LogP contribution in [0.3, 0.4) is 0 Å². The van der Waals surface area contributed by atoms with Crippen molar-refractivity contribution in [3.05, 3.63) is 0 Å². The molecule has 0 radical (unpaired) electrons. The van der Waals surface area contributed by atoms with Crippen molar-refractivity contribution in [1.82, 2.24) is 0 Å². The highest BCUT2D eigenvalue weighted by Gasteiger charge is 1.96. The smallest absolute Gasteiger partial charge is 0.00707 e. The van der Waals surface area contributed by atoms with E-state index < -0.39 is 0 Å². The molecule has 3 atom stereocenters. The van der Waals surface area contributed by atoms with Crippen LogP contribution in [-0.4, -0.2) is 11.7 Å². The van der Waals surface area contributed by atoms with Crippen molar-refractivity contribution < 1.29 is 0 Å². The summed E-state index contributed by atoms with van der Waals surface area (Å²) in [5, 5.41) is 0. The van der Waals surface area contributed by atoms with Crippen LogP contribution in [0.1, 0.15) is 13.8 Å². The molecule has 3 unspecified atom stereocenters. The van der Waals surface area contributed by atoms with Crippen LogP contribution < -0.4 is 5.73 Å². The highest BCUT2D eigenvalue weighted by Crippen LogP contribution is 1.99. The van der Waals surface area contributed by atoms with Gasteiger partial charge in [-0.1, -0.05) is 6.92 Å². The summed E-state index contributed by atoms with van der Waals surface area (Å²) in [5.41, 5.74) is 5.96. The summed E-state index contributed by atoms with van der Waals surface area (Å²) >= 11 is 0. The van der Waals surface area contributed by atoms with Crippen molar-refractivity contribution in [2.45, 2.75) is 25.5 Å². The lowest BCUT2D eigenvalue weighted by Gasteiger charge is -2.05. The summed E-state index contributed by atoms with van der Waals surface area (Å²) in [6.45, 7) is 4.08. The maximum absolute atomic E-state index is 5.41. The molecule has 0 saturated carbocycles. The fraction of sp³-hybridized carbons (Fsp3) is 1.00. The molecule has 0 fully saturated rings. The van der Waals surface area contributed by atoms with E-state index in [9.17, 15) is 0 Å². The average Bonchev–Trinajstić information content (AvgIpc) is 1.36. The molecular weight excluding hydrogens is 93.0 g/mol. The normalized spacial score (nSPS) is 20.0. The molecule has 6 heavy (non-hydrogen) atoms. The Morgan fingerprint density at radius 2 is 1.67 bits per heavy atom. The second-order valence-electron chi connectivity index (χ2n) is 1.72. The van der Waals surface area contributed by atoms with Gasteiger partial charge in [0.25, 0.3) is 0 Å². The van der Waals surface area contributed by atoms with Gasteiger partial charge in [0.15, 0.2) is 0 Å². The lowest BCUT2D eigenvalue weighted by molar-refractivity contribution is 0.731. The van der Waals surface area contributed by atoms with Crippen LogP contribution in [0.15, 0.2) is 0 Å². The summed E-state index contributed by atoms with van der Waals surface area (Å²) in [6, 6.07) is 0.315. The topological polar surface area (TPSA) is 26.0 Å². The van der Waals surface area contributed by atoms with E-state index in [0.29, 0.717) is 11.7 Å². The van der Waals surface area contributed by atoms with E-state index in [4.69, 9.17) is 5.73 Å². The zero-order chi connectivity index (χ0) is 5.15. The molecule has 0 aliphatic carbocycles. The van der Waals surface area contributed by atoms with Gasteiger partial charge < -0.3 is 5.73 Å². The van der Waals surface area contributed by atoms with Gasteiger partial charge in [-0.25, -0.2) is 0 Å². The molecule has 2 heteroatoms. The Morgan fingerprint density at radius 3 is 1.67 bits per heavy atom. The molecule has 0 bridgehead atoms. The molecule has 0 aromatic carbocycles. The van der Waals surface area contributed by atoms with Gasteiger partial charge in [-0.2, -0.15) is 0 Å². The lowest BCUT2D eigenvalue weighted by atomic mass is 10.3. The van der Waals surface area contributed by atoms with Crippen molar-refractivity contribution in [2.75, 3.05) is 0 Å². The predicted octanol–water partition coefficient (Wildman–Crippen LogP) is 0.597. The molecular formula is C4H12NP. The zero-order valence-corrected chi connectivity index (χ0v) is 5.46. The number of hydrogen-bond acceptors (Lipinski definition) is 1. The van der Waals surface area contributed by atoms with E-state index in [1.807, 2.05) is 6.92 Å². The van der Waals surface area contributed by atoms with Gasteiger partial charge in [0.2, 0.25) is 0 Å². The van der Waals surface area contributed by atoms with Gasteiger partial charge in [0.05, 0.1) is 0 Å². The van der Waals surface area contributed by atoms with Crippen molar-refractivity contribution >= 4 is 9.24 Å². The zero-order valence-electron chi connectivity index (χ0n) is 4.31. The molecule has 0 aliphatic rings. The van der Waals surface area contributed by atoms with Crippen molar-refractivity contribution in [2.24, 2.45) is 5.73 Å². The first-order valence-electron chi connectivity index (χ1n) is 2.15. The van der Waals surface area contributed by atoms with E-state index >= 15 is 0 Å². The van der Waals surface area contributed by atoms with Crippen LogP contribution in [0.25, 0.3) is 0 Å². The predicted molar refractivity (Wildman–Crippen MR) is 32.8 cm³/mol. The minimum absolute atomic E-state index is 0.315. The van der Waals surface area contributed by atoms with Gasteiger partial charge in [0.1, 0.15) is 0 Å². The molecule has 0 saturated heterocycles. The molecule has 0 amide bonds. The largest absolute Gasteiger partial charge is 0.327 e. The Balaban J connectivity index is 2.99. The Kier molecular flexibility index (Phi) is 2.71. The minimum atomic E-state index is 0.315. The molecule has 0 aromatic heterocycles. The van der Waals surface area contributed by atoms with E-state index in [0.717, 1.165) is 0 Å². The van der Waals surface area contributed by atoms with Crippen LogP contribution in [0.4, 0.5) is 0 Å². The van der Waals surface area contributed by atoms with Crippen LogP contribution in [0.2, 0.25) is 0 Å². The van der Waals surface area contributed by atoms with E-state index in [2.05, 4.69) is 16.2 Å². The van der Waals surface area contributed by atoms with Gasteiger partial charge in [-0.05, 0) is 12.6 Å². The van der Waals surface area contributed by atoms with Crippen LogP contribution >= 0.6 is 9.24 Å². The van der Waals surface area contributed by atoms with E-state index in [1.165, 1.54) is 0 Å². The van der Waals surface area contributed by atoms with Crippen molar-refractivity contribution in [1.29, 1.82) is 0 Å². The van der Waals surface area contributed by atoms with Crippen LogP contribution in [0.5, 0.6) is 0 Å². The van der Waals surface area contributed by atoms with E-state index in [-0.39, 0.29) is 0 Å². The highest BCUT2D eigenvalue weighted by atomic mass is 31.0. The van der Waals surface area contributed by atoms with E-state index in [1.54, 1.807) is 0 Å². The second-order valence-corrected chi connectivity index (χ2v) is 2.77. The molecule has 1 nitrogen and oxygen atoms in total. The lowest BCUT2D eigenvalue weighted by Crippen LogP contribution is -2.23. The minimum Gasteiger partial charge on any atom is -0.327 e. The standard InChI is InChI=1S/C4H12NP/c1-3(5)4(2)6/h3-4H,5-6H2,1-2H3. The summed E-state index contributed by atoms with van der Waals surface area (Å²) in [5.74, 6) is 0. The quantitative estimate of drug-likeness (QED) is 0.485. The Hall–Kier alpha value is 0.390. The Bertz CT molecular complexity index is 28.5. The monoisotopic (exact) mass is 105 g/mol. The number of hydrogen-bond donors (Lipinski definition) is 1. The summed E-state index contributed by atoms with van der Waals surface area (Å²) in [4.78, 5) is 0. The Morgan fingerprint density at radius 1 is 1.50 bits per heavy atom. The van der Waals surface area contributed by atoms with Gasteiger partial charge in [-0.3, -0.25) is 0 Å². The summed E-state index contributed by atoms with van der Waals surface area (Å²) in [6.07, 6.45) is 0. The first-order valence-corrected chi connectivity index (χ1v) is 2.82. The highest BCUT2D eigenvalue weighted by molar-refractivity contribution is 7.17. The number of nitrogens with two attached hydrogens (primary N) is 1. The van der Waals surface area contributed by atoms with Crippen molar-refractivity contribution in [3.8, 4) is 0 Å². The third kappa shape index (κ3) is 2.62. The van der Waals surface area contributed by atoms with Gasteiger partial charge in [0, 0.05) is 6.04 Å². The average molecular weight is 105 g/mol. The Labute approximate surface area is 41.5 Å². The molecule has 0 heterocycles. The SMILES string of the molecule is CC(N)C(C)P. The maximum Gasteiger partial charge on any atom is 0.00707 e. The third-order valence-corrected chi connectivity index (χ3v) is 1.44. The number of rotatable bonds is 1. The van der Waals surface area contributed by atoms with Gasteiger partial charge in [-0.15, -0.1) is 9.24 Å². The van der Waals surface area contributed by atoms with Crippen LogP contribution in [-0.2, 0) is 0 Å². The molecule has 0 aromatic rings. The van der Waals surface area contributed by atoms with Crippen molar-refractivity contribution in [3.63, 3.8) is 0 Å². The first-order chi connectivity index (χ1) is 2.64. The maximum atomic E-state index is 5.41.